The minimum absolute atomic E-state index is 0.0737. The minimum atomic E-state index is -0.655. The summed E-state index contributed by atoms with van der Waals surface area (Å²) in [6.45, 7) is 8.84. The molecule has 4 heterocycles. The number of benzene rings is 1. The van der Waals surface area contributed by atoms with Gasteiger partial charge in [0.25, 0.3) is 0 Å². The standard InChI is InChI=1S/C33H43N9O3/c1-20-12-14-23(15-13-20)18-42-27-28(34-21(2)24-10-7-11-24)35-30(31-38-33(44)45-39-31)36-29(27)37-32(42)41-17-16-40(22(3)43)19-26(41)25-8-5-4-6-9-25/h4-6,8-9,20-21,23-24,26H,7,10-19H2,1-3H3,(H,34,35,36)(H,38,39,44)/t20?,21-,23?,26+/m1/s1. The second kappa shape index (κ2) is 12.3. The van der Waals surface area contributed by atoms with Gasteiger partial charge in [0, 0.05) is 39.1 Å². The van der Waals surface area contributed by atoms with Crippen LogP contribution in [0.25, 0.3) is 22.8 Å². The fourth-order valence-corrected chi connectivity index (χ4v) is 7.26. The lowest BCUT2D eigenvalue weighted by Gasteiger charge is -2.42. The van der Waals surface area contributed by atoms with E-state index in [1.165, 1.54) is 44.9 Å². The van der Waals surface area contributed by atoms with E-state index in [1.807, 2.05) is 23.1 Å². The first kappa shape index (κ1) is 29.5. The van der Waals surface area contributed by atoms with Crippen LogP contribution >= 0.6 is 0 Å². The zero-order chi connectivity index (χ0) is 31.1. The highest BCUT2D eigenvalue weighted by Gasteiger charge is 2.35. The van der Waals surface area contributed by atoms with Gasteiger partial charge in [0.15, 0.2) is 11.5 Å². The zero-order valence-corrected chi connectivity index (χ0v) is 26.4. The number of hydrogen-bond acceptors (Lipinski definition) is 9. The normalized spacial score (nSPS) is 23.2. The Labute approximate surface area is 262 Å². The number of carbonyl (C=O) groups is 1. The molecule has 0 unspecified atom stereocenters. The molecule has 1 aromatic carbocycles. The van der Waals surface area contributed by atoms with Crippen LogP contribution in [0, 0.1) is 17.8 Å². The quantitative estimate of drug-likeness (QED) is 0.281. The number of nitrogens with zero attached hydrogens (tertiary/aromatic N) is 7. The number of hydrogen-bond donors (Lipinski definition) is 2. The Morgan fingerprint density at radius 1 is 1.07 bits per heavy atom. The molecule has 3 aromatic heterocycles. The Bertz CT molecular complexity index is 1700. The number of H-pyrrole nitrogens is 1. The third kappa shape index (κ3) is 5.94. The SMILES string of the molecule is CC(=O)N1CCN(c2nc3nc(-c4noc(=O)[nH]4)nc(N[C@H](C)C4CCC4)c3n2CC2CCC(C)CC2)[C@H](c2ccccc2)C1. The highest BCUT2D eigenvalue weighted by Crippen LogP contribution is 2.39. The molecule has 12 nitrogen and oxygen atoms in total. The predicted octanol–water partition coefficient (Wildman–Crippen LogP) is 5.01. The van der Waals surface area contributed by atoms with E-state index in [1.54, 1.807) is 6.92 Å². The number of imidazole rings is 1. The molecule has 12 heteroatoms. The maximum absolute atomic E-state index is 12.5. The zero-order valence-electron chi connectivity index (χ0n) is 26.4. The Hall–Kier alpha value is -4.22. The Morgan fingerprint density at radius 3 is 2.51 bits per heavy atom. The third-order valence-corrected chi connectivity index (χ3v) is 10.3. The molecule has 4 aromatic rings. The number of carbonyl (C=O) groups excluding carboxylic acids is 1. The molecule has 7 rings (SSSR count). The summed E-state index contributed by atoms with van der Waals surface area (Å²) in [4.78, 5) is 46.4. The van der Waals surface area contributed by atoms with E-state index >= 15 is 0 Å². The van der Waals surface area contributed by atoms with Crippen molar-refractivity contribution in [2.75, 3.05) is 29.9 Å². The molecule has 0 spiro atoms. The van der Waals surface area contributed by atoms with E-state index in [2.05, 4.69) is 50.9 Å². The summed E-state index contributed by atoms with van der Waals surface area (Å²) in [6, 6.07) is 10.5. The number of nitrogens with one attached hydrogen (secondary N) is 2. The summed E-state index contributed by atoms with van der Waals surface area (Å²) in [6.07, 6.45) is 8.41. The highest BCUT2D eigenvalue weighted by atomic mass is 16.5. The molecule has 0 radical (unpaired) electrons. The van der Waals surface area contributed by atoms with Gasteiger partial charge >= 0.3 is 5.76 Å². The van der Waals surface area contributed by atoms with Crippen LogP contribution < -0.4 is 16.0 Å². The number of fused-ring (bicyclic) bond motifs is 1. The molecule has 2 saturated carbocycles. The molecule has 1 saturated heterocycles. The summed E-state index contributed by atoms with van der Waals surface area (Å²) < 4.78 is 7.15. The number of piperazine rings is 1. The summed E-state index contributed by atoms with van der Waals surface area (Å²) in [7, 11) is 0. The molecule has 2 aliphatic carbocycles. The summed E-state index contributed by atoms with van der Waals surface area (Å²) in [5.74, 6) is 3.22. The Kier molecular flexibility index (Phi) is 8.05. The number of amides is 1. The molecule has 0 bridgehead atoms. The van der Waals surface area contributed by atoms with Gasteiger partial charge < -0.3 is 19.7 Å². The van der Waals surface area contributed by atoms with E-state index in [9.17, 15) is 9.59 Å². The van der Waals surface area contributed by atoms with E-state index in [-0.39, 0.29) is 29.6 Å². The molecular formula is C33H43N9O3. The van der Waals surface area contributed by atoms with Crippen molar-refractivity contribution in [2.24, 2.45) is 17.8 Å². The van der Waals surface area contributed by atoms with Crippen molar-refractivity contribution < 1.29 is 9.32 Å². The van der Waals surface area contributed by atoms with Crippen LogP contribution in [0.2, 0.25) is 0 Å². The average Bonchev–Trinajstić information content (AvgIpc) is 3.61. The topological polar surface area (TPSA) is 138 Å². The molecule has 2 atom stereocenters. The van der Waals surface area contributed by atoms with Crippen molar-refractivity contribution in [3.05, 3.63) is 46.4 Å². The fraction of sp³-hybridized carbons (Fsp3) is 0.576. The van der Waals surface area contributed by atoms with Crippen molar-refractivity contribution in [3.63, 3.8) is 0 Å². The number of rotatable bonds is 8. The lowest BCUT2D eigenvalue weighted by molar-refractivity contribution is -0.129. The van der Waals surface area contributed by atoms with Gasteiger partial charge in [0.05, 0.1) is 6.04 Å². The van der Waals surface area contributed by atoms with E-state index < -0.39 is 5.76 Å². The molecule has 238 valence electrons. The van der Waals surface area contributed by atoms with Gasteiger partial charge in [-0.2, -0.15) is 4.98 Å². The molecule has 3 fully saturated rings. The lowest BCUT2D eigenvalue weighted by atomic mass is 9.80. The number of anilines is 2. The highest BCUT2D eigenvalue weighted by molar-refractivity contribution is 5.87. The van der Waals surface area contributed by atoms with Crippen molar-refractivity contribution in [3.8, 4) is 11.6 Å². The van der Waals surface area contributed by atoms with Crippen LogP contribution in [0.15, 0.2) is 39.6 Å². The van der Waals surface area contributed by atoms with Crippen molar-refractivity contribution in [2.45, 2.75) is 84.3 Å². The summed E-state index contributed by atoms with van der Waals surface area (Å²) in [5.41, 5.74) is 2.55. The van der Waals surface area contributed by atoms with E-state index in [4.69, 9.17) is 19.5 Å². The van der Waals surface area contributed by atoms with Gasteiger partial charge in [-0.25, -0.2) is 14.8 Å². The molecule has 3 aliphatic rings. The van der Waals surface area contributed by atoms with Crippen LogP contribution in [-0.4, -0.2) is 66.1 Å². The minimum Gasteiger partial charge on any atom is -0.365 e. The van der Waals surface area contributed by atoms with Gasteiger partial charge in [0.2, 0.25) is 23.5 Å². The summed E-state index contributed by atoms with van der Waals surface area (Å²) in [5, 5.41) is 7.63. The second-order valence-electron chi connectivity index (χ2n) is 13.4. The molecular weight excluding hydrogens is 570 g/mol. The Morgan fingerprint density at radius 2 is 1.84 bits per heavy atom. The van der Waals surface area contributed by atoms with Crippen LogP contribution in [0.1, 0.15) is 77.3 Å². The van der Waals surface area contributed by atoms with E-state index in [0.717, 1.165) is 29.5 Å². The fourth-order valence-electron chi connectivity index (χ4n) is 7.26. The molecule has 1 aliphatic heterocycles. The molecule has 2 N–H and O–H groups in total. The first-order chi connectivity index (χ1) is 21.8. The van der Waals surface area contributed by atoms with Crippen molar-refractivity contribution in [1.82, 2.24) is 34.6 Å². The van der Waals surface area contributed by atoms with Crippen molar-refractivity contribution >= 4 is 28.8 Å². The maximum atomic E-state index is 12.5. The average molecular weight is 614 g/mol. The predicted molar refractivity (Wildman–Crippen MR) is 172 cm³/mol. The van der Waals surface area contributed by atoms with Crippen LogP contribution in [0.5, 0.6) is 0 Å². The first-order valence-electron chi connectivity index (χ1n) is 16.5. The largest absolute Gasteiger partial charge is 0.439 e. The summed E-state index contributed by atoms with van der Waals surface area (Å²) >= 11 is 0. The lowest BCUT2D eigenvalue weighted by Crippen LogP contribution is -2.50. The number of aromatic amines is 1. The molecule has 1 amide bonds. The molecule has 45 heavy (non-hydrogen) atoms. The van der Waals surface area contributed by atoms with Crippen LogP contribution in [0.3, 0.4) is 0 Å². The Balaban J connectivity index is 1.38. The van der Waals surface area contributed by atoms with Gasteiger partial charge in [-0.05, 0) is 55.9 Å². The monoisotopic (exact) mass is 613 g/mol. The smallest absolute Gasteiger partial charge is 0.365 e. The maximum Gasteiger partial charge on any atom is 0.439 e. The van der Waals surface area contributed by atoms with E-state index in [0.29, 0.717) is 42.9 Å². The number of aromatic nitrogens is 6. The van der Waals surface area contributed by atoms with Crippen LogP contribution in [-0.2, 0) is 11.3 Å². The second-order valence-corrected chi connectivity index (χ2v) is 13.4. The van der Waals surface area contributed by atoms with Gasteiger partial charge in [-0.3, -0.25) is 14.3 Å². The van der Waals surface area contributed by atoms with Gasteiger partial charge in [-0.1, -0.05) is 61.7 Å². The first-order valence-corrected chi connectivity index (χ1v) is 16.5. The third-order valence-electron chi connectivity index (χ3n) is 10.3. The van der Waals surface area contributed by atoms with Crippen LogP contribution in [0.4, 0.5) is 11.8 Å². The van der Waals surface area contributed by atoms with Gasteiger partial charge in [0.1, 0.15) is 5.52 Å². The van der Waals surface area contributed by atoms with Crippen molar-refractivity contribution in [1.29, 1.82) is 0 Å². The van der Waals surface area contributed by atoms with Gasteiger partial charge in [-0.15, -0.1) is 0 Å².